The molecule has 1 fully saturated rings. The number of hydrogen-bond donors (Lipinski definition) is 1. The van der Waals surface area contributed by atoms with Gasteiger partial charge in [-0.2, -0.15) is 5.10 Å². The first-order valence-electron chi connectivity index (χ1n) is 7.15. The molecule has 5 heteroatoms. The molecule has 0 aliphatic heterocycles. The second kappa shape index (κ2) is 7.88. The van der Waals surface area contributed by atoms with Crippen LogP contribution in [0.15, 0.2) is 12.3 Å². The van der Waals surface area contributed by atoms with Gasteiger partial charge in [-0.25, -0.2) is 0 Å². The van der Waals surface area contributed by atoms with Crippen LogP contribution in [0.25, 0.3) is 0 Å². The fourth-order valence-corrected chi connectivity index (χ4v) is 2.83. The molecule has 0 spiro atoms. The standard InChI is InChI=1S/C14H24ClN3O/c1-19-11-13(9-15)16-10-12-7-8-18(17-12)14-5-3-2-4-6-14/h7-8,13-14,16H,2-6,9-11H2,1H3. The van der Waals surface area contributed by atoms with Gasteiger partial charge in [0.15, 0.2) is 0 Å². The van der Waals surface area contributed by atoms with Crippen LogP contribution in [-0.2, 0) is 11.3 Å². The summed E-state index contributed by atoms with van der Waals surface area (Å²) in [5.41, 5.74) is 1.08. The molecule has 108 valence electrons. The molecule has 1 N–H and O–H groups in total. The van der Waals surface area contributed by atoms with Gasteiger partial charge >= 0.3 is 0 Å². The lowest BCUT2D eigenvalue weighted by atomic mass is 9.96. The predicted octanol–water partition coefficient (Wildman–Crippen LogP) is 2.73. The van der Waals surface area contributed by atoms with E-state index in [-0.39, 0.29) is 6.04 Å². The zero-order valence-corrected chi connectivity index (χ0v) is 12.4. The number of nitrogens with one attached hydrogen (secondary N) is 1. The SMILES string of the molecule is COCC(CCl)NCc1ccn(C2CCCCC2)n1. The van der Waals surface area contributed by atoms with E-state index in [1.165, 1.54) is 32.1 Å². The molecule has 1 heterocycles. The molecule has 1 aromatic rings. The van der Waals surface area contributed by atoms with Crippen molar-refractivity contribution in [2.24, 2.45) is 0 Å². The zero-order valence-electron chi connectivity index (χ0n) is 11.6. The molecule has 2 rings (SSSR count). The highest BCUT2D eigenvalue weighted by Crippen LogP contribution is 2.27. The minimum Gasteiger partial charge on any atom is -0.383 e. The molecule has 0 aromatic carbocycles. The van der Waals surface area contributed by atoms with Crippen LogP contribution in [0.1, 0.15) is 43.8 Å². The molecule has 1 aliphatic carbocycles. The highest BCUT2D eigenvalue weighted by atomic mass is 35.5. The Morgan fingerprint density at radius 2 is 2.26 bits per heavy atom. The Morgan fingerprint density at radius 1 is 1.47 bits per heavy atom. The van der Waals surface area contributed by atoms with Crippen molar-refractivity contribution in [3.05, 3.63) is 18.0 Å². The van der Waals surface area contributed by atoms with Crippen molar-refractivity contribution in [2.75, 3.05) is 19.6 Å². The van der Waals surface area contributed by atoms with Gasteiger partial charge in [0.1, 0.15) is 0 Å². The van der Waals surface area contributed by atoms with E-state index in [2.05, 4.69) is 27.4 Å². The van der Waals surface area contributed by atoms with Crippen molar-refractivity contribution >= 4 is 11.6 Å². The highest BCUT2D eigenvalue weighted by Gasteiger charge is 2.16. The first-order valence-corrected chi connectivity index (χ1v) is 7.69. The third-order valence-electron chi connectivity index (χ3n) is 3.74. The van der Waals surface area contributed by atoms with E-state index in [1.807, 2.05) is 0 Å². The van der Waals surface area contributed by atoms with E-state index in [1.54, 1.807) is 7.11 Å². The Balaban J connectivity index is 1.82. The van der Waals surface area contributed by atoms with Gasteiger partial charge in [-0.15, -0.1) is 11.6 Å². The minimum absolute atomic E-state index is 0.187. The normalized spacial score (nSPS) is 18.6. The lowest BCUT2D eigenvalue weighted by molar-refractivity contribution is 0.172. The van der Waals surface area contributed by atoms with Crippen LogP contribution in [0.2, 0.25) is 0 Å². The number of ether oxygens (including phenoxy) is 1. The minimum atomic E-state index is 0.187. The summed E-state index contributed by atoms with van der Waals surface area (Å²) >= 11 is 5.87. The van der Waals surface area contributed by atoms with Crippen LogP contribution in [-0.4, -0.2) is 35.4 Å². The zero-order chi connectivity index (χ0) is 13.5. The Kier molecular flexibility index (Phi) is 6.14. The summed E-state index contributed by atoms with van der Waals surface area (Å²) in [4.78, 5) is 0. The Hall–Kier alpha value is -0.580. The van der Waals surface area contributed by atoms with E-state index in [4.69, 9.17) is 16.3 Å². The Labute approximate surface area is 120 Å². The number of rotatable bonds is 7. The maximum absolute atomic E-state index is 5.87. The summed E-state index contributed by atoms with van der Waals surface area (Å²) in [5, 5.41) is 8.04. The van der Waals surface area contributed by atoms with Crippen molar-refractivity contribution in [2.45, 2.75) is 50.7 Å². The van der Waals surface area contributed by atoms with Gasteiger partial charge in [0.05, 0.1) is 18.3 Å². The number of nitrogens with zero attached hydrogens (tertiary/aromatic N) is 2. The lowest BCUT2D eigenvalue weighted by Crippen LogP contribution is -2.34. The maximum Gasteiger partial charge on any atom is 0.0762 e. The molecule has 19 heavy (non-hydrogen) atoms. The molecule has 0 saturated heterocycles. The van der Waals surface area contributed by atoms with Crippen molar-refractivity contribution in [3.63, 3.8) is 0 Å². The van der Waals surface area contributed by atoms with Gasteiger partial charge in [0.2, 0.25) is 0 Å². The highest BCUT2D eigenvalue weighted by molar-refractivity contribution is 6.18. The summed E-state index contributed by atoms with van der Waals surface area (Å²) < 4.78 is 7.25. The van der Waals surface area contributed by atoms with Crippen LogP contribution in [0.4, 0.5) is 0 Å². The molecule has 1 saturated carbocycles. The number of hydrogen-bond acceptors (Lipinski definition) is 3. The quantitative estimate of drug-likeness (QED) is 0.783. The van der Waals surface area contributed by atoms with E-state index in [0.717, 1.165) is 12.2 Å². The summed E-state index contributed by atoms with van der Waals surface area (Å²) in [6.07, 6.45) is 8.69. The van der Waals surface area contributed by atoms with Crippen LogP contribution in [0, 0.1) is 0 Å². The van der Waals surface area contributed by atoms with E-state index >= 15 is 0 Å². The fourth-order valence-electron chi connectivity index (χ4n) is 2.63. The monoisotopic (exact) mass is 285 g/mol. The largest absolute Gasteiger partial charge is 0.383 e. The van der Waals surface area contributed by atoms with Gasteiger partial charge in [-0.05, 0) is 18.9 Å². The van der Waals surface area contributed by atoms with Crippen LogP contribution < -0.4 is 5.32 Å². The van der Waals surface area contributed by atoms with Crippen molar-refractivity contribution < 1.29 is 4.74 Å². The molecule has 1 aromatic heterocycles. The number of methoxy groups -OCH3 is 1. The average molecular weight is 286 g/mol. The lowest BCUT2D eigenvalue weighted by Gasteiger charge is -2.21. The van der Waals surface area contributed by atoms with Crippen LogP contribution in [0.3, 0.4) is 0 Å². The molecule has 0 bridgehead atoms. The second-order valence-electron chi connectivity index (χ2n) is 5.27. The molecule has 1 unspecified atom stereocenters. The molecular formula is C14H24ClN3O. The Bertz CT molecular complexity index is 363. The van der Waals surface area contributed by atoms with Crippen LogP contribution >= 0.6 is 11.6 Å². The van der Waals surface area contributed by atoms with Crippen LogP contribution in [0.5, 0.6) is 0 Å². The predicted molar refractivity (Wildman–Crippen MR) is 77.6 cm³/mol. The molecule has 0 amide bonds. The smallest absolute Gasteiger partial charge is 0.0762 e. The first kappa shape index (κ1) is 14.8. The van der Waals surface area contributed by atoms with Gasteiger partial charge < -0.3 is 10.1 Å². The maximum atomic E-state index is 5.87. The first-order chi connectivity index (χ1) is 9.33. The van der Waals surface area contributed by atoms with Crippen molar-refractivity contribution in [3.8, 4) is 0 Å². The molecular weight excluding hydrogens is 262 g/mol. The van der Waals surface area contributed by atoms with Gasteiger partial charge in [-0.1, -0.05) is 19.3 Å². The number of alkyl halides is 1. The topological polar surface area (TPSA) is 39.1 Å². The summed E-state index contributed by atoms with van der Waals surface area (Å²) in [6, 6.07) is 2.89. The third kappa shape index (κ3) is 4.48. The third-order valence-corrected chi connectivity index (χ3v) is 4.11. The Morgan fingerprint density at radius 3 is 2.95 bits per heavy atom. The number of aromatic nitrogens is 2. The van der Waals surface area contributed by atoms with Gasteiger partial charge in [0, 0.05) is 31.8 Å². The summed E-state index contributed by atoms with van der Waals surface area (Å²) in [7, 11) is 1.69. The van der Waals surface area contributed by atoms with Gasteiger partial charge in [0.25, 0.3) is 0 Å². The molecule has 1 atom stereocenters. The number of halogens is 1. The molecule has 0 radical (unpaired) electrons. The van der Waals surface area contributed by atoms with E-state index in [0.29, 0.717) is 18.5 Å². The average Bonchev–Trinajstić information content (AvgIpc) is 2.93. The molecule has 1 aliphatic rings. The summed E-state index contributed by atoms with van der Waals surface area (Å²) in [6.45, 7) is 1.38. The molecule has 4 nitrogen and oxygen atoms in total. The van der Waals surface area contributed by atoms with E-state index < -0.39 is 0 Å². The fraction of sp³-hybridized carbons (Fsp3) is 0.786. The second-order valence-corrected chi connectivity index (χ2v) is 5.57. The van der Waals surface area contributed by atoms with Crippen molar-refractivity contribution in [1.29, 1.82) is 0 Å². The van der Waals surface area contributed by atoms with Gasteiger partial charge in [-0.3, -0.25) is 4.68 Å². The van der Waals surface area contributed by atoms with Crippen molar-refractivity contribution in [1.82, 2.24) is 15.1 Å². The summed E-state index contributed by atoms with van der Waals surface area (Å²) in [5.74, 6) is 0.553. The van der Waals surface area contributed by atoms with E-state index in [9.17, 15) is 0 Å².